The summed E-state index contributed by atoms with van der Waals surface area (Å²) >= 11 is 0. The van der Waals surface area contributed by atoms with E-state index in [1.807, 2.05) is 13.0 Å². The summed E-state index contributed by atoms with van der Waals surface area (Å²) in [6.07, 6.45) is 0. The number of carbonyl (C=O) groups excluding carboxylic acids is 1. The number of nitrogens with one attached hydrogen (secondary N) is 2. The molecule has 3 N–H and O–H groups in total. The zero-order valence-electron chi connectivity index (χ0n) is 10.6. The number of benzene rings is 1. The Morgan fingerprint density at radius 2 is 2.28 bits per heavy atom. The molecule has 18 heavy (non-hydrogen) atoms. The highest BCUT2D eigenvalue weighted by Gasteiger charge is 2.22. The normalized spacial score (nSPS) is 19.6. The number of anilines is 1. The average molecular weight is 250 g/mol. The van der Waals surface area contributed by atoms with Gasteiger partial charge in [-0.2, -0.15) is 0 Å². The van der Waals surface area contributed by atoms with Crippen LogP contribution in [-0.4, -0.2) is 36.8 Å². The second-order valence-electron chi connectivity index (χ2n) is 4.55. The van der Waals surface area contributed by atoms with Gasteiger partial charge in [-0.3, -0.25) is 4.79 Å². The van der Waals surface area contributed by atoms with Crippen LogP contribution in [0.15, 0.2) is 12.1 Å². The van der Waals surface area contributed by atoms with Crippen molar-refractivity contribution in [2.24, 2.45) is 0 Å². The SMILES string of the molecule is Cc1cc(C)c(O)c(NC(=O)C2COCCN2)c1. The highest BCUT2D eigenvalue weighted by Crippen LogP contribution is 2.28. The first-order valence-corrected chi connectivity index (χ1v) is 6.00. The summed E-state index contributed by atoms with van der Waals surface area (Å²) in [5.41, 5.74) is 2.19. The number of hydrogen-bond donors (Lipinski definition) is 3. The van der Waals surface area contributed by atoms with Crippen molar-refractivity contribution in [3.63, 3.8) is 0 Å². The number of morpholine rings is 1. The van der Waals surface area contributed by atoms with Crippen LogP contribution >= 0.6 is 0 Å². The molecule has 5 nitrogen and oxygen atoms in total. The molecule has 1 aliphatic rings. The largest absolute Gasteiger partial charge is 0.505 e. The van der Waals surface area contributed by atoms with Crippen LogP contribution in [0.5, 0.6) is 5.75 Å². The molecule has 0 saturated carbocycles. The number of carbonyl (C=O) groups is 1. The van der Waals surface area contributed by atoms with E-state index >= 15 is 0 Å². The summed E-state index contributed by atoms with van der Waals surface area (Å²) in [5, 5.41) is 15.7. The van der Waals surface area contributed by atoms with E-state index in [1.54, 1.807) is 13.0 Å². The van der Waals surface area contributed by atoms with Crippen LogP contribution in [0.2, 0.25) is 0 Å². The number of phenolic OH excluding ortho intramolecular Hbond substituents is 1. The van der Waals surface area contributed by atoms with Crippen LogP contribution in [0.3, 0.4) is 0 Å². The molecule has 1 aromatic rings. The van der Waals surface area contributed by atoms with Crippen molar-refractivity contribution in [1.82, 2.24) is 5.32 Å². The number of aryl methyl sites for hydroxylation is 2. The Kier molecular flexibility index (Phi) is 3.84. The molecule has 1 aromatic carbocycles. The molecular formula is C13H18N2O3. The number of phenols is 1. The van der Waals surface area contributed by atoms with Crippen molar-refractivity contribution in [2.45, 2.75) is 19.9 Å². The van der Waals surface area contributed by atoms with Crippen LogP contribution in [0.4, 0.5) is 5.69 Å². The van der Waals surface area contributed by atoms with Crippen LogP contribution in [0.1, 0.15) is 11.1 Å². The molecule has 0 aromatic heterocycles. The predicted molar refractivity (Wildman–Crippen MR) is 68.8 cm³/mol. The molecule has 5 heteroatoms. The second kappa shape index (κ2) is 5.37. The van der Waals surface area contributed by atoms with Crippen molar-refractivity contribution < 1.29 is 14.6 Å². The summed E-state index contributed by atoms with van der Waals surface area (Å²) in [5.74, 6) is -0.0688. The molecule has 1 amide bonds. The molecule has 0 aliphatic carbocycles. The monoisotopic (exact) mass is 250 g/mol. The van der Waals surface area contributed by atoms with Crippen molar-refractivity contribution in [2.75, 3.05) is 25.1 Å². The van der Waals surface area contributed by atoms with Gasteiger partial charge in [0.2, 0.25) is 5.91 Å². The average Bonchev–Trinajstić information content (AvgIpc) is 2.36. The third-order valence-corrected chi connectivity index (χ3v) is 2.94. The van der Waals surface area contributed by atoms with Crippen molar-refractivity contribution in [3.05, 3.63) is 23.3 Å². The zero-order valence-corrected chi connectivity index (χ0v) is 10.6. The maximum absolute atomic E-state index is 12.0. The van der Waals surface area contributed by atoms with Gasteiger partial charge in [0.15, 0.2) is 0 Å². The summed E-state index contributed by atoms with van der Waals surface area (Å²) in [6, 6.07) is 3.26. The minimum atomic E-state index is -0.362. The zero-order chi connectivity index (χ0) is 13.1. The molecule has 1 aliphatic heterocycles. The van der Waals surface area contributed by atoms with Gasteiger partial charge in [0.1, 0.15) is 11.8 Å². The minimum Gasteiger partial charge on any atom is -0.505 e. The first kappa shape index (κ1) is 12.9. The fourth-order valence-electron chi connectivity index (χ4n) is 2.01. The molecule has 0 spiro atoms. The van der Waals surface area contributed by atoms with Crippen LogP contribution in [-0.2, 0) is 9.53 Å². The smallest absolute Gasteiger partial charge is 0.244 e. The van der Waals surface area contributed by atoms with E-state index in [2.05, 4.69) is 10.6 Å². The minimum absolute atomic E-state index is 0.116. The fraction of sp³-hybridized carbons (Fsp3) is 0.462. The first-order chi connectivity index (χ1) is 8.58. The maximum atomic E-state index is 12.0. The molecule has 0 radical (unpaired) electrons. The van der Waals surface area contributed by atoms with Gasteiger partial charge in [-0.25, -0.2) is 0 Å². The van der Waals surface area contributed by atoms with E-state index in [0.717, 1.165) is 11.1 Å². The Hall–Kier alpha value is -1.59. The van der Waals surface area contributed by atoms with Gasteiger partial charge in [0.05, 0.1) is 18.9 Å². The van der Waals surface area contributed by atoms with Gasteiger partial charge in [0, 0.05) is 6.54 Å². The Balaban J connectivity index is 2.11. The maximum Gasteiger partial charge on any atom is 0.244 e. The van der Waals surface area contributed by atoms with Crippen LogP contribution in [0.25, 0.3) is 0 Å². The van der Waals surface area contributed by atoms with E-state index in [4.69, 9.17) is 4.74 Å². The Bertz CT molecular complexity index is 454. The van der Waals surface area contributed by atoms with Crippen molar-refractivity contribution >= 4 is 11.6 Å². The standard InChI is InChI=1S/C13H18N2O3/c1-8-5-9(2)12(16)10(6-8)15-13(17)11-7-18-4-3-14-11/h5-6,11,14,16H,3-4,7H2,1-2H3,(H,15,17). The lowest BCUT2D eigenvalue weighted by atomic mass is 10.1. The Labute approximate surface area is 106 Å². The van der Waals surface area contributed by atoms with Gasteiger partial charge in [-0.15, -0.1) is 0 Å². The Morgan fingerprint density at radius 1 is 1.50 bits per heavy atom. The third-order valence-electron chi connectivity index (χ3n) is 2.94. The number of rotatable bonds is 2. The number of aromatic hydroxyl groups is 1. The highest BCUT2D eigenvalue weighted by atomic mass is 16.5. The number of hydrogen-bond acceptors (Lipinski definition) is 4. The lowest BCUT2D eigenvalue weighted by Gasteiger charge is -2.23. The summed E-state index contributed by atoms with van der Waals surface area (Å²) in [6.45, 7) is 5.37. The number of ether oxygens (including phenoxy) is 1. The second-order valence-corrected chi connectivity index (χ2v) is 4.55. The summed E-state index contributed by atoms with van der Waals surface area (Å²) < 4.78 is 5.23. The van der Waals surface area contributed by atoms with Crippen molar-refractivity contribution in [3.8, 4) is 5.75 Å². The molecule has 2 rings (SSSR count). The van der Waals surface area contributed by atoms with Gasteiger partial charge in [-0.05, 0) is 31.0 Å². The quantitative estimate of drug-likeness (QED) is 0.683. The van der Waals surface area contributed by atoms with Gasteiger partial charge < -0.3 is 20.5 Å². The predicted octanol–water partition coefficient (Wildman–Crippen LogP) is 0.936. The van der Waals surface area contributed by atoms with E-state index in [1.165, 1.54) is 0 Å². The third kappa shape index (κ3) is 2.80. The van der Waals surface area contributed by atoms with E-state index in [0.29, 0.717) is 25.4 Å². The first-order valence-electron chi connectivity index (χ1n) is 6.00. The van der Waals surface area contributed by atoms with Gasteiger partial charge in [-0.1, -0.05) is 6.07 Å². The molecule has 1 heterocycles. The van der Waals surface area contributed by atoms with Gasteiger partial charge in [0.25, 0.3) is 0 Å². The van der Waals surface area contributed by atoms with Crippen LogP contribution < -0.4 is 10.6 Å². The number of amides is 1. The lowest BCUT2D eigenvalue weighted by Crippen LogP contribution is -2.48. The molecule has 1 fully saturated rings. The Morgan fingerprint density at radius 3 is 2.94 bits per heavy atom. The molecule has 1 saturated heterocycles. The molecule has 0 bridgehead atoms. The van der Waals surface area contributed by atoms with Gasteiger partial charge >= 0.3 is 0 Å². The highest BCUT2D eigenvalue weighted by molar-refractivity contribution is 5.96. The van der Waals surface area contributed by atoms with E-state index < -0.39 is 0 Å². The molecular weight excluding hydrogens is 232 g/mol. The lowest BCUT2D eigenvalue weighted by molar-refractivity contribution is -0.120. The molecule has 1 unspecified atom stereocenters. The van der Waals surface area contributed by atoms with Crippen LogP contribution in [0, 0.1) is 13.8 Å². The van der Waals surface area contributed by atoms with Crippen molar-refractivity contribution in [1.29, 1.82) is 0 Å². The summed E-state index contributed by atoms with van der Waals surface area (Å²) in [7, 11) is 0. The van der Waals surface area contributed by atoms with E-state index in [9.17, 15) is 9.90 Å². The molecule has 98 valence electrons. The molecule has 1 atom stereocenters. The summed E-state index contributed by atoms with van der Waals surface area (Å²) in [4.78, 5) is 12.0. The topological polar surface area (TPSA) is 70.6 Å². The van der Waals surface area contributed by atoms with E-state index in [-0.39, 0.29) is 17.7 Å². The fourth-order valence-corrected chi connectivity index (χ4v) is 2.01.